The van der Waals surface area contributed by atoms with E-state index in [1.807, 2.05) is 61.5 Å². The van der Waals surface area contributed by atoms with Crippen molar-refractivity contribution in [2.24, 2.45) is 0 Å². The smallest absolute Gasteiger partial charge is 0.148 e. The quantitative estimate of drug-likeness (QED) is 0.786. The van der Waals surface area contributed by atoms with Crippen molar-refractivity contribution >= 4 is 16.6 Å². The fourth-order valence-corrected chi connectivity index (χ4v) is 2.60. The van der Waals surface area contributed by atoms with E-state index in [0.29, 0.717) is 13.1 Å². The zero-order valence-electron chi connectivity index (χ0n) is 12.6. The van der Waals surface area contributed by atoms with E-state index in [1.165, 1.54) is 0 Å². The van der Waals surface area contributed by atoms with Crippen LogP contribution in [0.15, 0.2) is 54.6 Å². The average Bonchev–Trinajstić information content (AvgIpc) is 2.55. The number of rotatable bonds is 5. The average molecular weight is 293 g/mol. The molecule has 2 aromatic carbocycles. The lowest BCUT2D eigenvalue weighted by Crippen LogP contribution is -2.27. The molecule has 0 amide bonds. The number of anilines is 1. The Bertz CT molecular complexity index is 759. The van der Waals surface area contributed by atoms with Gasteiger partial charge in [-0.1, -0.05) is 36.4 Å². The zero-order chi connectivity index (χ0) is 15.4. The Morgan fingerprint density at radius 3 is 2.45 bits per heavy atom. The predicted octanol–water partition coefficient (Wildman–Crippen LogP) is 2.94. The van der Waals surface area contributed by atoms with Crippen LogP contribution >= 0.6 is 0 Å². The van der Waals surface area contributed by atoms with E-state index >= 15 is 0 Å². The van der Waals surface area contributed by atoms with Gasteiger partial charge in [0, 0.05) is 23.3 Å². The fraction of sp³-hybridized carbons (Fsp3) is 0.222. The van der Waals surface area contributed by atoms with Crippen LogP contribution in [-0.2, 0) is 6.54 Å². The topological polar surface area (TPSA) is 49.2 Å². The maximum atomic E-state index is 9.32. The van der Waals surface area contributed by atoms with E-state index in [-0.39, 0.29) is 6.61 Å². The van der Waals surface area contributed by atoms with Crippen molar-refractivity contribution in [2.45, 2.75) is 13.5 Å². The molecule has 0 saturated carbocycles. The molecule has 0 saturated heterocycles. The second-order valence-electron chi connectivity index (χ2n) is 5.22. The molecule has 1 N–H and O–H groups in total. The second-order valence-corrected chi connectivity index (χ2v) is 5.22. The highest BCUT2D eigenvalue weighted by atomic mass is 16.3. The Balaban J connectivity index is 1.93. The van der Waals surface area contributed by atoms with Crippen molar-refractivity contribution in [2.75, 3.05) is 18.1 Å². The number of aliphatic hydroxyl groups is 1. The first kappa shape index (κ1) is 14.5. The lowest BCUT2D eigenvalue weighted by molar-refractivity contribution is 0.301. The second kappa shape index (κ2) is 6.54. The number of aryl methyl sites for hydroxylation is 1. The van der Waals surface area contributed by atoms with Gasteiger partial charge in [-0.3, -0.25) is 0 Å². The van der Waals surface area contributed by atoms with Gasteiger partial charge in [-0.15, -0.1) is 0 Å². The highest BCUT2D eigenvalue weighted by Crippen LogP contribution is 2.18. The van der Waals surface area contributed by atoms with E-state index in [1.54, 1.807) is 0 Å². The molecule has 0 radical (unpaired) electrons. The van der Waals surface area contributed by atoms with Crippen molar-refractivity contribution < 1.29 is 5.11 Å². The molecule has 0 fully saturated rings. The van der Waals surface area contributed by atoms with Crippen molar-refractivity contribution in [1.82, 2.24) is 9.97 Å². The molecule has 4 heteroatoms. The molecule has 22 heavy (non-hydrogen) atoms. The number of para-hydroxylation sites is 2. The molecule has 0 aliphatic heterocycles. The lowest BCUT2D eigenvalue weighted by Gasteiger charge is -2.23. The summed E-state index contributed by atoms with van der Waals surface area (Å²) in [5, 5.41) is 10.4. The van der Waals surface area contributed by atoms with Crippen LogP contribution in [0.5, 0.6) is 0 Å². The third-order valence-corrected chi connectivity index (χ3v) is 3.66. The number of hydrogen-bond acceptors (Lipinski definition) is 4. The van der Waals surface area contributed by atoms with Crippen LogP contribution in [0.1, 0.15) is 11.5 Å². The summed E-state index contributed by atoms with van der Waals surface area (Å²) in [5.74, 6) is 0.772. The maximum absolute atomic E-state index is 9.32. The molecule has 0 spiro atoms. The summed E-state index contributed by atoms with van der Waals surface area (Å²) >= 11 is 0. The number of benzene rings is 2. The number of fused-ring (bicyclic) bond motifs is 1. The summed E-state index contributed by atoms with van der Waals surface area (Å²) in [4.78, 5) is 11.4. The van der Waals surface area contributed by atoms with Gasteiger partial charge in [-0.2, -0.15) is 0 Å². The standard InChI is InChI=1S/C18H19N3O/c1-14-16-9-5-6-10-17(16)20-18(19-14)13-21(11-12-22)15-7-3-2-4-8-15/h2-10,22H,11-13H2,1H3. The van der Waals surface area contributed by atoms with Gasteiger partial charge in [0.25, 0.3) is 0 Å². The zero-order valence-corrected chi connectivity index (χ0v) is 12.6. The summed E-state index contributed by atoms with van der Waals surface area (Å²) in [7, 11) is 0. The summed E-state index contributed by atoms with van der Waals surface area (Å²) in [6, 6.07) is 18.1. The number of aromatic nitrogens is 2. The molecule has 1 heterocycles. The van der Waals surface area contributed by atoms with E-state index in [9.17, 15) is 5.11 Å². The van der Waals surface area contributed by atoms with Crippen LogP contribution in [0, 0.1) is 6.92 Å². The van der Waals surface area contributed by atoms with E-state index in [4.69, 9.17) is 0 Å². The third kappa shape index (κ3) is 3.07. The number of aliphatic hydroxyl groups excluding tert-OH is 1. The van der Waals surface area contributed by atoms with Gasteiger partial charge in [0.1, 0.15) is 5.82 Å². The van der Waals surface area contributed by atoms with E-state index in [2.05, 4.69) is 14.9 Å². The van der Waals surface area contributed by atoms with E-state index in [0.717, 1.165) is 28.1 Å². The Labute approximate surface area is 130 Å². The first-order chi connectivity index (χ1) is 10.8. The van der Waals surface area contributed by atoms with Crippen LogP contribution < -0.4 is 4.90 Å². The van der Waals surface area contributed by atoms with Gasteiger partial charge < -0.3 is 10.0 Å². The van der Waals surface area contributed by atoms with Crippen LogP contribution in [0.2, 0.25) is 0 Å². The first-order valence-corrected chi connectivity index (χ1v) is 7.41. The Hall–Kier alpha value is -2.46. The highest BCUT2D eigenvalue weighted by Gasteiger charge is 2.10. The largest absolute Gasteiger partial charge is 0.395 e. The Kier molecular flexibility index (Phi) is 4.30. The van der Waals surface area contributed by atoms with Crippen molar-refractivity contribution in [3.05, 3.63) is 66.1 Å². The van der Waals surface area contributed by atoms with Crippen molar-refractivity contribution in [1.29, 1.82) is 0 Å². The van der Waals surface area contributed by atoms with Gasteiger partial charge in [0.05, 0.1) is 18.7 Å². The van der Waals surface area contributed by atoms with Gasteiger partial charge in [-0.05, 0) is 25.1 Å². The molecule has 0 aliphatic carbocycles. The first-order valence-electron chi connectivity index (χ1n) is 7.41. The van der Waals surface area contributed by atoms with E-state index < -0.39 is 0 Å². The molecule has 0 atom stereocenters. The SMILES string of the molecule is Cc1nc(CN(CCO)c2ccccc2)nc2ccccc12. The molecule has 3 rings (SSSR count). The Morgan fingerprint density at radius 2 is 1.68 bits per heavy atom. The molecule has 1 aromatic heterocycles. The Morgan fingerprint density at radius 1 is 0.955 bits per heavy atom. The molecule has 4 nitrogen and oxygen atoms in total. The van der Waals surface area contributed by atoms with Gasteiger partial charge >= 0.3 is 0 Å². The van der Waals surface area contributed by atoms with Crippen molar-refractivity contribution in [3.8, 4) is 0 Å². The van der Waals surface area contributed by atoms with Crippen LogP contribution in [-0.4, -0.2) is 28.2 Å². The maximum Gasteiger partial charge on any atom is 0.148 e. The summed E-state index contributed by atoms with van der Waals surface area (Å²) in [5.41, 5.74) is 3.01. The lowest BCUT2D eigenvalue weighted by atomic mass is 10.2. The monoisotopic (exact) mass is 293 g/mol. The normalized spacial score (nSPS) is 10.8. The molecule has 0 bridgehead atoms. The molecule has 3 aromatic rings. The molecule has 0 aliphatic rings. The molecule has 112 valence electrons. The highest BCUT2D eigenvalue weighted by molar-refractivity contribution is 5.80. The van der Waals surface area contributed by atoms with Crippen LogP contribution in [0.25, 0.3) is 10.9 Å². The van der Waals surface area contributed by atoms with Gasteiger partial charge in [0.15, 0.2) is 0 Å². The van der Waals surface area contributed by atoms with Crippen LogP contribution in [0.3, 0.4) is 0 Å². The fourth-order valence-electron chi connectivity index (χ4n) is 2.60. The minimum atomic E-state index is 0.0987. The summed E-state index contributed by atoms with van der Waals surface area (Å²) in [6.45, 7) is 3.24. The third-order valence-electron chi connectivity index (χ3n) is 3.66. The minimum absolute atomic E-state index is 0.0987. The van der Waals surface area contributed by atoms with Gasteiger partial charge in [-0.25, -0.2) is 9.97 Å². The number of hydrogen-bond donors (Lipinski definition) is 1. The minimum Gasteiger partial charge on any atom is -0.395 e. The predicted molar refractivity (Wildman–Crippen MR) is 88.9 cm³/mol. The van der Waals surface area contributed by atoms with Crippen LogP contribution in [0.4, 0.5) is 5.69 Å². The molecule has 0 unspecified atom stereocenters. The summed E-state index contributed by atoms with van der Waals surface area (Å²) < 4.78 is 0. The number of nitrogens with zero attached hydrogens (tertiary/aromatic N) is 3. The molecular weight excluding hydrogens is 274 g/mol. The van der Waals surface area contributed by atoms with Crippen molar-refractivity contribution in [3.63, 3.8) is 0 Å². The summed E-state index contributed by atoms with van der Waals surface area (Å²) in [6.07, 6.45) is 0. The molecular formula is C18H19N3O. The van der Waals surface area contributed by atoms with Gasteiger partial charge in [0.2, 0.25) is 0 Å².